The predicted octanol–water partition coefficient (Wildman–Crippen LogP) is 4.22. The lowest BCUT2D eigenvalue weighted by Gasteiger charge is -2.08. The number of nitrogens with zero attached hydrogens (tertiary/aromatic N) is 2. The van der Waals surface area contributed by atoms with E-state index in [0.29, 0.717) is 25.3 Å². The van der Waals surface area contributed by atoms with E-state index in [1.807, 2.05) is 40.5 Å². The first kappa shape index (κ1) is 18.2. The Morgan fingerprint density at radius 1 is 1.23 bits per heavy atom. The molecule has 0 fully saturated rings. The molecule has 2 heterocycles. The summed E-state index contributed by atoms with van der Waals surface area (Å²) in [5.74, 6) is 0.711. The first-order chi connectivity index (χ1) is 12.8. The molecule has 136 valence electrons. The molecule has 0 aliphatic carbocycles. The fourth-order valence-electron chi connectivity index (χ4n) is 2.46. The molecule has 26 heavy (non-hydrogen) atoms. The molecule has 6 heteroatoms. The van der Waals surface area contributed by atoms with Crippen LogP contribution in [0.15, 0.2) is 54.0 Å². The molecular formula is C20H23N3O2S. The van der Waals surface area contributed by atoms with Crippen LogP contribution >= 0.6 is 11.3 Å². The summed E-state index contributed by atoms with van der Waals surface area (Å²) < 4.78 is 7.46. The minimum absolute atomic E-state index is 0.0873. The average molecular weight is 369 g/mol. The second-order valence-electron chi connectivity index (χ2n) is 5.92. The Bertz CT molecular complexity index is 810. The fourth-order valence-corrected chi connectivity index (χ4v) is 3.16. The maximum Gasteiger partial charge on any atom is 0.251 e. The van der Waals surface area contributed by atoms with Gasteiger partial charge in [0.15, 0.2) is 0 Å². The lowest BCUT2D eigenvalue weighted by Crippen LogP contribution is -2.27. The Morgan fingerprint density at radius 2 is 2.08 bits per heavy atom. The van der Waals surface area contributed by atoms with E-state index < -0.39 is 0 Å². The van der Waals surface area contributed by atoms with Gasteiger partial charge in [0.1, 0.15) is 11.4 Å². The first-order valence-corrected chi connectivity index (χ1v) is 9.72. The number of benzene rings is 1. The van der Waals surface area contributed by atoms with Gasteiger partial charge in [0.25, 0.3) is 5.91 Å². The minimum Gasteiger partial charge on any atom is -0.494 e. The van der Waals surface area contributed by atoms with Crippen molar-refractivity contribution in [2.24, 2.45) is 0 Å². The van der Waals surface area contributed by atoms with Crippen molar-refractivity contribution in [2.75, 3.05) is 13.2 Å². The van der Waals surface area contributed by atoms with Gasteiger partial charge in [-0.1, -0.05) is 19.4 Å². The molecule has 0 aliphatic heterocycles. The Balaban J connectivity index is 1.45. The Labute approximate surface area is 157 Å². The molecule has 0 aliphatic rings. The van der Waals surface area contributed by atoms with Gasteiger partial charge in [0.2, 0.25) is 0 Å². The van der Waals surface area contributed by atoms with E-state index in [1.54, 1.807) is 23.5 Å². The molecule has 3 rings (SSSR count). The van der Waals surface area contributed by atoms with Crippen LogP contribution < -0.4 is 10.1 Å². The first-order valence-electron chi connectivity index (χ1n) is 8.84. The van der Waals surface area contributed by atoms with Gasteiger partial charge in [0, 0.05) is 18.3 Å². The molecule has 0 bridgehead atoms. The van der Waals surface area contributed by atoms with E-state index in [0.717, 1.165) is 29.2 Å². The average Bonchev–Trinajstić information content (AvgIpc) is 3.34. The van der Waals surface area contributed by atoms with E-state index in [4.69, 9.17) is 4.74 Å². The van der Waals surface area contributed by atoms with Gasteiger partial charge < -0.3 is 10.1 Å². The predicted molar refractivity (Wildman–Crippen MR) is 105 cm³/mol. The third-order valence-corrected chi connectivity index (χ3v) is 4.82. The SMILES string of the molecule is CCCCOc1ccc(C(=O)NCCn2ccc(-c3cccs3)n2)cc1. The molecule has 0 atom stereocenters. The largest absolute Gasteiger partial charge is 0.494 e. The summed E-state index contributed by atoms with van der Waals surface area (Å²) in [4.78, 5) is 13.4. The molecule has 5 nitrogen and oxygen atoms in total. The number of carbonyl (C=O) groups is 1. The highest BCUT2D eigenvalue weighted by atomic mass is 32.1. The van der Waals surface area contributed by atoms with Crippen LogP contribution in [0.5, 0.6) is 5.75 Å². The Morgan fingerprint density at radius 3 is 2.81 bits per heavy atom. The van der Waals surface area contributed by atoms with Crippen molar-refractivity contribution in [1.82, 2.24) is 15.1 Å². The van der Waals surface area contributed by atoms with Crippen molar-refractivity contribution in [3.05, 3.63) is 59.6 Å². The van der Waals surface area contributed by atoms with Crippen LogP contribution in [0.2, 0.25) is 0 Å². The number of ether oxygens (including phenoxy) is 1. The molecule has 0 saturated carbocycles. The molecule has 0 radical (unpaired) electrons. The van der Waals surface area contributed by atoms with Crippen molar-refractivity contribution in [1.29, 1.82) is 0 Å². The van der Waals surface area contributed by atoms with E-state index in [9.17, 15) is 4.79 Å². The van der Waals surface area contributed by atoms with Crippen LogP contribution in [0, 0.1) is 0 Å². The fraction of sp³-hybridized carbons (Fsp3) is 0.300. The van der Waals surface area contributed by atoms with E-state index in [-0.39, 0.29) is 5.91 Å². The second-order valence-corrected chi connectivity index (χ2v) is 6.87. The number of hydrogen-bond acceptors (Lipinski definition) is 4. The molecule has 1 N–H and O–H groups in total. The summed E-state index contributed by atoms with van der Waals surface area (Å²) in [6, 6.07) is 13.3. The van der Waals surface area contributed by atoms with Crippen molar-refractivity contribution in [2.45, 2.75) is 26.3 Å². The minimum atomic E-state index is -0.0873. The molecule has 1 amide bonds. The Kier molecular flexibility index (Phi) is 6.44. The molecule has 2 aromatic heterocycles. The second kappa shape index (κ2) is 9.20. The van der Waals surface area contributed by atoms with Gasteiger partial charge >= 0.3 is 0 Å². The van der Waals surface area contributed by atoms with Crippen molar-refractivity contribution in [3.8, 4) is 16.3 Å². The van der Waals surface area contributed by atoms with Crippen LogP contribution in [-0.4, -0.2) is 28.8 Å². The van der Waals surface area contributed by atoms with E-state index >= 15 is 0 Å². The van der Waals surface area contributed by atoms with Crippen molar-refractivity contribution >= 4 is 17.2 Å². The summed E-state index contributed by atoms with van der Waals surface area (Å²) in [7, 11) is 0. The van der Waals surface area contributed by atoms with Crippen LogP contribution in [0.3, 0.4) is 0 Å². The number of nitrogens with one attached hydrogen (secondary N) is 1. The molecule has 3 aromatic rings. The lowest BCUT2D eigenvalue weighted by atomic mass is 10.2. The van der Waals surface area contributed by atoms with E-state index in [1.165, 1.54) is 0 Å². The molecule has 0 saturated heterocycles. The number of hydrogen-bond donors (Lipinski definition) is 1. The maximum atomic E-state index is 12.2. The number of unbranched alkanes of at least 4 members (excludes halogenated alkanes) is 1. The van der Waals surface area contributed by atoms with E-state index in [2.05, 4.69) is 23.4 Å². The zero-order valence-electron chi connectivity index (χ0n) is 14.9. The summed E-state index contributed by atoms with van der Waals surface area (Å²) in [6.45, 7) is 4.00. The summed E-state index contributed by atoms with van der Waals surface area (Å²) >= 11 is 1.67. The normalized spacial score (nSPS) is 10.7. The topological polar surface area (TPSA) is 56.1 Å². The summed E-state index contributed by atoms with van der Waals surface area (Å²) in [5.41, 5.74) is 1.59. The van der Waals surface area contributed by atoms with Crippen LogP contribution in [0.1, 0.15) is 30.1 Å². The monoisotopic (exact) mass is 369 g/mol. The summed E-state index contributed by atoms with van der Waals surface area (Å²) in [5, 5.41) is 9.49. The quantitative estimate of drug-likeness (QED) is 0.575. The van der Waals surface area contributed by atoms with Crippen molar-refractivity contribution in [3.63, 3.8) is 0 Å². The van der Waals surface area contributed by atoms with Gasteiger partial charge in [-0.3, -0.25) is 9.48 Å². The lowest BCUT2D eigenvalue weighted by molar-refractivity contribution is 0.0952. The summed E-state index contributed by atoms with van der Waals surface area (Å²) in [6.07, 6.45) is 4.07. The van der Waals surface area contributed by atoms with Gasteiger partial charge in [-0.15, -0.1) is 11.3 Å². The third kappa shape index (κ3) is 4.95. The number of aromatic nitrogens is 2. The zero-order valence-corrected chi connectivity index (χ0v) is 15.7. The van der Waals surface area contributed by atoms with Crippen LogP contribution in [-0.2, 0) is 6.54 Å². The Hall–Kier alpha value is -2.60. The molecular weight excluding hydrogens is 346 g/mol. The van der Waals surface area contributed by atoms with Crippen LogP contribution in [0.25, 0.3) is 10.6 Å². The molecule has 0 unspecified atom stereocenters. The highest BCUT2D eigenvalue weighted by molar-refractivity contribution is 7.13. The highest BCUT2D eigenvalue weighted by Crippen LogP contribution is 2.22. The maximum absolute atomic E-state index is 12.2. The number of thiophene rings is 1. The number of carbonyl (C=O) groups excluding carboxylic acids is 1. The standard InChI is InChI=1S/C20H23N3O2S/c1-2-3-14-25-17-8-6-16(7-9-17)20(24)21-11-13-23-12-10-18(22-23)19-5-4-15-26-19/h4-10,12,15H,2-3,11,13-14H2,1H3,(H,21,24). The molecule has 1 aromatic carbocycles. The van der Waals surface area contributed by atoms with Crippen LogP contribution in [0.4, 0.5) is 0 Å². The van der Waals surface area contributed by atoms with Gasteiger partial charge in [-0.05, 0) is 48.2 Å². The zero-order chi connectivity index (χ0) is 18.2. The number of rotatable bonds is 9. The van der Waals surface area contributed by atoms with Crippen molar-refractivity contribution < 1.29 is 9.53 Å². The highest BCUT2D eigenvalue weighted by Gasteiger charge is 2.06. The third-order valence-electron chi connectivity index (χ3n) is 3.92. The van der Waals surface area contributed by atoms with Gasteiger partial charge in [-0.2, -0.15) is 5.10 Å². The van der Waals surface area contributed by atoms with Gasteiger partial charge in [0.05, 0.1) is 18.0 Å². The molecule has 0 spiro atoms. The smallest absolute Gasteiger partial charge is 0.251 e. The number of amides is 1. The van der Waals surface area contributed by atoms with Gasteiger partial charge in [-0.25, -0.2) is 0 Å².